The fourth-order valence-corrected chi connectivity index (χ4v) is 2.74. The van der Waals surface area contributed by atoms with Gasteiger partial charge in [-0.3, -0.25) is 10.1 Å². The summed E-state index contributed by atoms with van der Waals surface area (Å²) in [4.78, 5) is 16.8. The number of anilines is 1. The summed E-state index contributed by atoms with van der Waals surface area (Å²) in [5.74, 6) is 1.37. The van der Waals surface area contributed by atoms with Crippen LogP contribution in [0.3, 0.4) is 0 Å². The Morgan fingerprint density at radius 2 is 2.26 bits per heavy atom. The van der Waals surface area contributed by atoms with E-state index in [2.05, 4.69) is 16.8 Å². The average Bonchev–Trinajstić information content (AvgIpc) is 2.63. The first kappa shape index (κ1) is 14.1. The van der Waals surface area contributed by atoms with Crippen LogP contribution in [0.4, 0.5) is 11.5 Å². The number of halogens is 1. The van der Waals surface area contributed by atoms with Crippen molar-refractivity contribution in [2.24, 2.45) is 5.92 Å². The lowest BCUT2D eigenvalue weighted by Crippen LogP contribution is -2.25. The van der Waals surface area contributed by atoms with Crippen LogP contribution >= 0.6 is 11.6 Å². The van der Waals surface area contributed by atoms with Crippen molar-refractivity contribution in [3.05, 3.63) is 27.4 Å². The maximum atomic E-state index is 10.9. The maximum absolute atomic E-state index is 10.9. The average molecular weight is 284 g/mol. The van der Waals surface area contributed by atoms with Gasteiger partial charge in [-0.2, -0.15) is 0 Å². The predicted octanol–water partition coefficient (Wildman–Crippen LogP) is 3.66. The third-order valence-corrected chi connectivity index (χ3v) is 3.92. The van der Waals surface area contributed by atoms with Crippen molar-refractivity contribution in [2.45, 2.75) is 32.6 Å². The van der Waals surface area contributed by atoms with Crippen LogP contribution in [0.5, 0.6) is 0 Å². The van der Waals surface area contributed by atoms with Gasteiger partial charge in [0, 0.05) is 13.1 Å². The molecule has 19 heavy (non-hydrogen) atoms. The van der Waals surface area contributed by atoms with Gasteiger partial charge in [-0.1, -0.05) is 24.9 Å². The summed E-state index contributed by atoms with van der Waals surface area (Å²) in [5, 5.41) is 11.0. The summed E-state index contributed by atoms with van der Waals surface area (Å²) in [5.41, 5.74) is 0.00582. The summed E-state index contributed by atoms with van der Waals surface area (Å²) in [6, 6.07) is 2.80. The molecule has 1 fully saturated rings. The number of hydrogen-bond acceptors (Lipinski definition) is 4. The molecular formula is C13H18ClN3O2. The highest BCUT2D eigenvalue weighted by atomic mass is 35.5. The van der Waals surface area contributed by atoms with Crippen LogP contribution in [0, 0.1) is 16.0 Å². The van der Waals surface area contributed by atoms with Crippen LogP contribution in [0.1, 0.15) is 32.6 Å². The van der Waals surface area contributed by atoms with Gasteiger partial charge in [0.05, 0.1) is 17.1 Å². The number of nitro groups is 1. The topological polar surface area (TPSA) is 59.3 Å². The lowest BCUT2D eigenvalue weighted by atomic mass is 9.98. The van der Waals surface area contributed by atoms with Crippen LogP contribution in [-0.4, -0.2) is 23.0 Å². The van der Waals surface area contributed by atoms with Crippen molar-refractivity contribution >= 4 is 23.1 Å². The van der Waals surface area contributed by atoms with E-state index in [1.54, 1.807) is 0 Å². The summed E-state index contributed by atoms with van der Waals surface area (Å²) < 4.78 is 0. The van der Waals surface area contributed by atoms with E-state index in [0.29, 0.717) is 5.82 Å². The highest BCUT2D eigenvalue weighted by Crippen LogP contribution is 2.27. The van der Waals surface area contributed by atoms with Crippen LogP contribution in [0.2, 0.25) is 5.15 Å². The van der Waals surface area contributed by atoms with Crippen molar-refractivity contribution in [3.63, 3.8) is 0 Å². The zero-order valence-corrected chi connectivity index (χ0v) is 11.8. The summed E-state index contributed by atoms with van der Waals surface area (Å²) in [6.45, 7) is 3.99. The van der Waals surface area contributed by atoms with E-state index in [9.17, 15) is 10.1 Å². The molecule has 1 aromatic heterocycles. The number of nitrogens with zero attached hydrogens (tertiary/aromatic N) is 3. The monoisotopic (exact) mass is 283 g/mol. The summed E-state index contributed by atoms with van der Waals surface area (Å²) >= 11 is 5.87. The molecule has 0 aromatic carbocycles. The molecule has 1 unspecified atom stereocenters. The maximum Gasteiger partial charge on any atom is 0.276 e. The minimum atomic E-state index is -0.427. The first-order valence-corrected chi connectivity index (χ1v) is 7.05. The Morgan fingerprint density at radius 1 is 1.47 bits per heavy atom. The molecule has 5 nitrogen and oxygen atoms in total. The van der Waals surface area contributed by atoms with E-state index in [1.165, 1.54) is 25.0 Å². The molecule has 0 bridgehead atoms. The lowest BCUT2D eigenvalue weighted by Gasteiger charge is -2.21. The Labute approximate surface area is 117 Å². The predicted molar refractivity (Wildman–Crippen MR) is 75.7 cm³/mol. The minimum absolute atomic E-state index is 0.00582. The Hall–Kier alpha value is -1.36. The lowest BCUT2D eigenvalue weighted by molar-refractivity contribution is -0.384. The Balaban J connectivity index is 2.19. The van der Waals surface area contributed by atoms with Crippen LogP contribution in [-0.2, 0) is 0 Å². The molecule has 0 aliphatic carbocycles. The van der Waals surface area contributed by atoms with E-state index in [1.807, 2.05) is 0 Å². The van der Waals surface area contributed by atoms with Gasteiger partial charge < -0.3 is 4.90 Å². The van der Waals surface area contributed by atoms with E-state index >= 15 is 0 Å². The van der Waals surface area contributed by atoms with Crippen molar-refractivity contribution in [2.75, 3.05) is 18.0 Å². The first-order chi connectivity index (χ1) is 9.10. The molecule has 2 heterocycles. The standard InChI is InChI=1S/C13H18ClN3O2/c1-2-10-4-3-6-16(7-5-10)13-9-11(17(18)19)8-12(14)15-13/h8-10H,2-7H2,1H3. The van der Waals surface area contributed by atoms with Gasteiger partial charge >= 0.3 is 0 Å². The number of aromatic nitrogens is 1. The largest absolute Gasteiger partial charge is 0.356 e. The molecule has 0 amide bonds. The van der Waals surface area contributed by atoms with Crippen molar-refractivity contribution < 1.29 is 4.92 Å². The third-order valence-electron chi connectivity index (χ3n) is 3.73. The second-order valence-corrected chi connectivity index (χ2v) is 5.34. The van der Waals surface area contributed by atoms with Gasteiger partial charge in [0.15, 0.2) is 0 Å². The Morgan fingerprint density at radius 3 is 2.95 bits per heavy atom. The first-order valence-electron chi connectivity index (χ1n) is 6.67. The highest BCUT2D eigenvalue weighted by Gasteiger charge is 2.19. The minimum Gasteiger partial charge on any atom is -0.356 e. The Bertz CT molecular complexity index is 467. The molecular weight excluding hydrogens is 266 g/mol. The number of rotatable bonds is 3. The molecule has 104 valence electrons. The van der Waals surface area contributed by atoms with E-state index < -0.39 is 4.92 Å². The molecule has 1 atom stereocenters. The fourth-order valence-electron chi connectivity index (χ4n) is 2.54. The fraction of sp³-hybridized carbons (Fsp3) is 0.615. The molecule has 0 spiro atoms. The van der Waals surface area contributed by atoms with Crippen molar-refractivity contribution in [3.8, 4) is 0 Å². The van der Waals surface area contributed by atoms with Gasteiger partial charge in [0.1, 0.15) is 11.0 Å². The third kappa shape index (κ3) is 3.56. The Kier molecular flexibility index (Phi) is 4.58. The van der Waals surface area contributed by atoms with Crippen molar-refractivity contribution in [1.82, 2.24) is 4.98 Å². The van der Waals surface area contributed by atoms with E-state index in [-0.39, 0.29) is 10.8 Å². The molecule has 2 rings (SSSR count). The van der Waals surface area contributed by atoms with Crippen LogP contribution in [0.15, 0.2) is 12.1 Å². The zero-order chi connectivity index (χ0) is 13.8. The van der Waals surface area contributed by atoms with Crippen LogP contribution in [0.25, 0.3) is 0 Å². The number of hydrogen-bond donors (Lipinski definition) is 0. The van der Waals surface area contributed by atoms with E-state index in [4.69, 9.17) is 11.6 Å². The van der Waals surface area contributed by atoms with Gasteiger partial charge in [-0.05, 0) is 25.2 Å². The molecule has 6 heteroatoms. The molecule has 0 N–H and O–H groups in total. The highest BCUT2D eigenvalue weighted by molar-refractivity contribution is 6.29. The summed E-state index contributed by atoms with van der Waals surface area (Å²) in [7, 11) is 0. The zero-order valence-electron chi connectivity index (χ0n) is 11.0. The molecule has 1 aliphatic heterocycles. The van der Waals surface area contributed by atoms with Crippen molar-refractivity contribution in [1.29, 1.82) is 0 Å². The second kappa shape index (κ2) is 6.19. The van der Waals surface area contributed by atoms with Crippen LogP contribution < -0.4 is 4.90 Å². The molecule has 1 saturated heterocycles. The van der Waals surface area contributed by atoms with E-state index in [0.717, 1.165) is 31.8 Å². The van der Waals surface area contributed by atoms with Gasteiger partial charge in [0.2, 0.25) is 0 Å². The summed E-state index contributed by atoms with van der Waals surface area (Å²) in [6.07, 6.45) is 4.62. The molecule has 1 aliphatic rings. The second-order valence-electron chi connectivity index (χ2n) is 4.96. The smallest absolute Gasteiger partial charge is 0.276 e. The normalized spacial score (nSPS) is 20.1. The van der Waals surface area contributed by atoms with Gasteiger partial charge in [-0.15, -0.1) is 0 Å². The SMILES string of the molecule is CCC1CCCN(c2cc([N+](=O)[O-])cc(Cl)n2)CC1. The number of pyridine rings is 1. The van der Waals surface area contributed by atoms with Gasteiger partial charge in [0.25, 0.3) is 5.69 Å². The molecule has 1 aromatic rings. The molecule has 0 radical (unpaired) electrons. The van der Waals surface area contributed by atoms with Gasteiger partial charge in [-0.25, -0.2) is 4.98 Å². The quantitative estimate of drug-likeness (QED) is 0.482. The molecule has 0 saturated carbocycles.